The molecule has 3 rings (SSSR count). The van der Waals surface area contributed by atoms with Gasteiger partial charge in [0.05, 0.1) is 13.2 Å². The molecular formula is C16H27N3O3. The summed E-state index contributed by atoms with van der Waals surface area (Å²) in [7, 11) is 1.81. The van der Waals surface area contributed by atoms with E-state index in [0.29, 0.717) is 24.9 Å². The summed E-state index contributed by atoms with van der Waals surface area (Å²) >= 11 is 0. The summed E-state index contributed by atoms with van der Waals surface area (Å²) in [6.07, 6.45) is 1.18. The number of hydrogen-bond acceptors (Lipinski definition) is 4. The van der Waals surface area contributed by atoms with E-state index in [1.165, 1.54) is 0 Å². The lowest BCUT2D eigenvalue weighted by molar-refractivity contribution is -0.143. The highest BCUT2D eigenvalue weighted by Crippen LogP contribution is 2.27. The lowest BCUT2D eigenvalue weighted by atomic mass is 9.95. The van der Waals surface area contributed by atoms with Crippen molar-refractivity contribution >= 4 is 11.8 Å². The molecule has 3 atom stereocenters. The maximum Gasteiger partial charge on any atom is 0.226 e. The predicted molar refractivity (Wildman–Crippen MR) is 82.3 cm³/mol. The topological polar surface area (TPSA) is 53.1 Å². The third-order valence-corrected chi connectivity index (χ3v) is 5.41. The van der Waals surface area contributed by atoms with Crippen molar-refractivity contribution in [3.8, 4) is 0 Å². The number of carbonyl (C=O) groups excluding carboxylic acids is 2. The highest BCUT2D eigenvalue weighted by molar-refractivity contribution is 5.87. The van der Waals surface area contributed by atoms with Crippen LogP contribution in [0.5, 0.6) is 0 Å². The molecule has 124 valence electrons. The molecule has 0 N–H and O–H groups in total. The number of amides is 2. The van der Waals surface area contributed by atoms with Crippen LogP contribution in [0, 0.1) is 11.8 Å². The van der Waals surface area contributed by atoms with Crippen LogP contribution in [0.1, 0.15) is 19.8 Å². The second kappa shape index (κ2) is 6.54. The first kappa shape index (κ1) is 15.7. The van der Waals surface area contributed by atoms with Crippen molar-refractivity contribution in [3.05, 3.63) is 0 Å². The number of piperidine rings is 1. The molecule has 0 radical (unpaired) electrons. The smallest absolute Gasteiger partial charge is 0.226 e. The van der Waals surface area contributed by atoms with Gasteiger partial charge in [-0.15, -0.1) is 0 Å². The first-order chi connectivity index (χ1) is 10.6. The van der Waals surface area contributed by atoms with Gasteiger partial charge in [-0.2, -0.15) is 0 Å². The highest BCUT2D eigenvalue weighted by atomic mass is 16.5. The summed E-state index contributed by atoms with van der Waals surface area (Å²) in [6.45, 7) is 8.06. The number of rotatable bonds is 2. The average Bonchev–Trinajstić information content (AvgIpc) is 2.92. The van der Waals surface area contributed by atoms with Gasteiger partial charge in [0.15, 0.2) is 0 Å². The van der Waals surface area contributed by atoms with E-state index < -0.39 is 0 Å². The summed E-state index contributed by atoms with van der Waals surface area (Å²) < 4.78 is 5.42. The van der Waals surface area contributed by atoms with Crippen LogP contribution in [-0.2, 0) is 14.3 Å². The Balaban J connectivity index is 1.59. The summed E-state index contributed by atoms with van der Waals surface area (Å²) in [5.41, 5.74) is 0. The second-order valence-corrected chi connectivity index (χ2v) is 6.94. The monoisotopic (exact) mass is 309 g/mol. The minimum atomic E-state index is -0.112. The molecule has 3 fully saturated rings. The fourth-order valence-electron chi connectivity index (χ4n) is 3.93. The molecule has 0 saturated carbocycles. The van der Waals surface area contributed by atoms with Gasteiger partial charge < -0.3 is 14.5 Å². The summed E-state index contributed by atoms with van der Waals surface area (Å²) in [5.74, 6) is 0.661. The Kier molecular flexibility index (Phi) is 4.68. The van der Waals surface area contributed by atoms with Gasteiger partial charge in [0.25, 0.3) is 0 Å². The standard InChI is InChI=1S/C16H27N3O3/c1-12-10-19(11-14(12)18-5-7-22-8-6-18)16(21)13-3-4-17(2)15(20)9-13/h12-14H,3-11H2,1-2H3/t12-,13+,14+/m1/s1. The third-order valence-electron chi connectivity index (χ3n) is 5.41. The van der Waals surface area contributed by atoms with Gasteiger partial charge in [-0.1, -0.05) is 6.92 Å². The van der Waals surface area contributed by atoms with Gasteiger partial charge in [-0.05, 0) is 12.3 Å². The minimum absolute atomic E-state index is 0.0987. The van der Waals surface area contributed by atoms with Gasteiger partial charge in [0, 0.05) is 58.2 Å². The van der Waals surface area contributed by atoms with Gasteiger partial charge >= 0.3 is 0 Å². The lowest BCUT2D eigenvalue weighted by Gasteiger charge is -2.34. The zero-order valence-corrected chi connectivity index (χ0v) is 13.7. The molecule has 3 aliphatic rings. The van der Waals surface area contributed by atoms with Gasteiger partial charge in [-0.25, -0.2) is 0 Å². The Hall–Kier alpha value is -1.14. The molecular weight excluding hydrogens is 282 g/mol. The number of carbonyl (C=O) groups is 2. The van der Waals surface area contributed by atoms with Crippen molar-refractivity contribution in [2.24, 2.45) is 11.8 Å². The van der Waals surface area contributed by atoms with E-state index in [1.54, 1.807) is 4.90 Å². The molecule has 6 heteroatoms. The molecule has 0 bridgehead atoms. The fraction of sp³-hybridized carbons (Fsp3) is 0.875. The van der Waals surface area contributed by atoms with Crippen LogP contribution in [0.3, 0.4) is 0 Å². The second-order valence-electron chi connectivity index (χ2n) is 6.94. The summed E-state index contributed by atoms with van der Waals surface area (Å²) in [5, 5.41) is 0. The molecule has 3 heterocycles. The molecule has 0 aromatic rings. The van der Waals surface area contributed by atoms with E-state index in [-0.39, 0.29) is 17.7 Å². The molecule has 0 aromatic heterocycles. The number of hydrogen-bond donors (Lipinski definition) is 0. The SMILES string of the molecule is C[C@@H]1CN(C(=O)[C@H]2CCN(C)C(=O)C2)C[C@@H]1N1CCOCC1. The fourth-order valence-corrected chi connectivity index (χ4v) is 3.93. The van der Waals surface area contributed by atoms with Crippen molar-refractivity contribution in [1.29, 1.82) is 0 Å². The van der Waals surface area contributed by atoms with Crippen LogP contribution in [0.25, 0.3) is 0 Å². The van der Waals surface area contributed by atoms with Crippen LogP contribution in [0.4, 0.5) is 0 Å². The van der Waals surface area contributed by atoms with Crippen molar-refractivity contribution < 1.29 is 14.3 Å². The van der Waals surface area contributed by atoms with Crippen LogP contribution in [0.2, 0.25) is 0 Å². The van der Waals surface area contributed by atoms with Gasteiger partial charge in [0.1, 0.15) is 0 Å². The van der Waals surface area contributed by atoms with E-state index in [9.17, 15) is 9.59 Å². The molecule has 2 amide bonds. The Labute approximate surface area is 132 Å². The maximum atomic E-state index is 12.7. The van der Waals surface area contributed by atoms with Crippen molar-refractivity contribution in [2.75, 3.05) is 53.0 Å². The first-order valence-corrected chi connectivity index (χ1v) is 8.41. The van der Waals surface area contributed by atoms with Crippen molar-refractivity contribution in [3.63, 3.8) is 0 Å². The van der Waals surface area contributed by atoms with Crippen LogP contribution < -0.4 is 0 Å². The van der Waals surface area contributed by atoms with E-state index in [2.05, 4.69) is 11.8 Å². The van der Waals surface area contributed by atoms with E-state index in [0.717, 1.165) is 45.8 Å². The Bertz CT molecular complexity index is 436. The molecule has 0 spiro atoms. The average molecular weight is 309 g/mol. The third kappa shape index (κ3) is 3.13. The largest absolute Gasteiger partial charge is 0.379 e. The molecule has 3 aliphatic heterocycles. The van der Waals surface area contributed by atoms with Crippen LogP contribution in [-0.4, -0.2) is 85.5 Å². The van der Waals surface area contributed by atoms with Gasteiger partial charge in [0.2, 0.25) is 11.8 Å². The quantitative estimate of drug-likeness (QED) is 0.722. The Morgan fingerprint density at radius 1 is 1.18 bits per heavy atom. The Morgan fingerprint density at radius 2 is 1.91 bits per heavy atom. The minimum Gasteiger partial charge on any atom is -0.379 e. The molecule has 0 aromatic carbocycles. The predicted octanol–water partition coefficient (Wildman–Crippen LogP) is 0.0339. The van der Waals surface area contributed by atoms with Crippen molar-refractivity contribution in [1.82, 2.24) is 14.7 Å². The normalized spacial score (nSPS) is 34.3. The van der Waals surface area contributed by atoms with Crippen molar-refractivity contribution in [2.45, 2.75) is 25.8 Å². The summed E-state index contributed by atoms with van der Waals surface area (Å²) in [4.78, 5) is 30.8. The van der Waals surface area contributed by atoms with E-state index in [1.807, 2.05) is 11.9 Å². The van der Waals surface area contributed by atoms with Gasteiger partial charge in [-0.3, -0.25) is 14.5 Å². The molecule has 22 heavy (non-hydrogen) atoms. The number of likely N-dealkylation sites (tertiary alicyclic amines) is 2. The first-order valence-electron chi connectivity index (χ1n) is 8.41. The lowest BCUT2D eigenvalue weighted by Crippen LogP contribution is -2.47. The van der Waals surface area contributed by atoms with Crippen LogP contribution in [0.15, 0.2) is 0 Å². The van der Waals surface area contributed by atoms with Crippen LogP contribution >= 0.6 is 0 Å². The zero-order valence-electron chi connectivity index (χ0n) is 13.7. The molecule has 3 saturated heterocycles. The van der Waals surface area contributed by atoms with E-state index >= 15 is 0 Å². The zero-order chi connectivity index (χ0) is 15.7. The molecule has 0 unspecified atom stereocenters. The molecule has 0 aliphatic carbocycles. The number of morpholine rings is 1. The number of ether oxygens (including phenoxy) is 1. The summed E-state index contributed by atoms with van der Waals surface area (Å²) in [6, 6.07) is 0.440. The van der Waals surface area contributed by atoms with E-state index in [4.69, 9.17) is 4.74 Å². The highest BCUT2D eigenvalue weighted by Gasteiger charge is 2.39. The molecule has 6 nitrogen and oxygen atoms in total. The maximum absolute atomic E-state index is 12.7. The number of nitrogens with zero attached hydrogens (tertiary/aromatic N) is 3. The Morgan fingerprint density at radius 3 is 2.59 bits per heavy atom.